The number of thiazole rings is 1. The molecule has 1 heterocycles. The predicted molar refractivity (Wildman–Crippen MR) is 124 cm³/mol. The molecule has 0 aliphatic heterocycles. The van der Waals surface area contributed by atoms with Crippen LogP contribution in [0.1, 0.15) is 21.5 Å². The highest BCUT2D eigenvalue weighted by Gasteiger charge is 2.15. The molecule has 0 spiro atoms. The first kappa shape index (κ1) is 21.9. The zero-order valence-electron chi connectivity index (χ0n) is 17.6. The Hall–Kier alpha value is -3.30. The number of hydrogen-bond donors (Lipinski definition) is 1. The summed E-state index contributed by atoms with van der Waals surface area (Å²) in [5, 5.41) is 0. The first-order chi connectivity index (χ1) is 15.1. The number of fused-ring (bicyclic) bond motifs is 1. The van der Waals surface area contributed by atoms with Gasteiger partial charge in [0, 0.05) is 18.3 Å². The highest BCUT2D eigenvalue weighted by molar-refractivity contribution is 7.92. The van der Waals surface area contributed by atoms with E-state index in [1.807, 2.05) is 25.5 Å². The van der Waals surface area contributed by atoms with Crippen LogP contribution in [0.15, 0.2) is 70.6 Å². The average Bonchev–Trinajstić information content (AvgIpc) is 3.04. The molecule has 1 aromatic heterocycles. The second-order valence-electron chi connectivity index (χ2n) is 7.43. The number of amides is 1. The number of nitrogens with one attached hydrogen (secondary N) is 1. The van der Waals surface area contributed by atoms with Crippen molar-refractivity contribution in [3.63, 3.8) is 0 Å². The molecule has 0 bridgehead atoms. The van der Waals surface area contributed by atoms with Gasteiger partial charge in [-0.1, -0.05) is 17.4 Å². The van der Waals surface area contributed by atoms with E-state index in [0.29, 0.717) is 10.4 Å². The summed E-state index contributed by atoms with van der Waals surface area (Å²) in [5.41, 5.74) is 3.90. The van der Waals surface area contributed by atoms with Gasteiger partial charge in [-0.15, -0.1) is 0 Å². The number of carbonyl (C=O) groups excluding carboxylic acids is 1. The minimum absolute atomic E-state index is 0.0585. The highest BCUT2D eigenvalue weighted by atomic mass is 32.2. The van der Waals surface area contributed by atoms with Gasteiger partial charge < -0.3 is 4.57 Å². The second kappa shape index (κ2) is 8.33. The van der Waals surface area contributed by atoms with Gasteiger partial charge in [-0.3, -0.25) is 9.52 Å². The molecule has 32 heavy (non-hydrogen) atoms. The topological polar surface area (TPSA) is 80.5 Å². The fraction of sp³-hybridized carbons (Fsp3) is 0.130. The van der Waals surface area contributed by atoms with Crippen LogP contribution in [0.25, 0.3) is 10.2 Å². The fourth-order valence-electron chi connectivity index (χ4n) is 3.33. The number of rotatable bonds is 4. The summed E-state index contributed by atoms with van der Waals surface area (Å²) >= 11 is 1.45. The van der Waals surface area contributed by atoms with Gasteiger partial charge in [0.1, 0.15) is 5.82 Å². The number of sulfonamides is 1. The Balaban J connectivity index is 1.59. The van der Waals surface area contributed by atoms with Crippen molar-refractivity contribution in [3.05, 3.63) is 88.0 Å². The van der Waals surface area contributed by atoms with Gasteiger partial charge in [-0.25, -0.2) is 12.8 Å². The summed E-state index contributed by atoms with van der Waals surface area (Å²) in [7, 11) is -1.99. The van der Waals surface area contributed by atoms with Crippen molar-refractivity contribution in [2.45, 2.75) is 18.7 Å². The van der Waals surface area contributed by atoms with Crippen LogP contribution >= 0.6 is 11.3 Å². The Kier molecular flexibility index (Phi) is 5.70. The Morgan fingerprint density at radius 3 is 2.34 bits per heavy atom. The summed E-state index contributed by atoms with van der Waals surface area (Å²) in [6.45, 7) is 4.06. The van der Waals surface area contributed by atoms with Gasteiger partial charge in [-0.05, 0) is 79.6 Å². The number of aromatic nitrogens is 1. The molecule has 0 aliphatic carbocycles. The molecule has 0 unspecified atom stereocenters. The molecule has 9 heteroatoms. The molecular formula is C23H20FN3O3S2. The van der Waals surface area contributed by atoms with E-state index in [1.165, 1.54) is 47.7 Å². The number of nitrogens with zero attached hydrogens (tertiary/aromatic N) is 2. The van der Waals surface area contributed by atoms with E-state index < -0.39 is 21.7 Å². The third-order valence-corrected chi connectivity index (χ3v) is 7.63. The lowest BCUT2D eigenvalue weighted by atomic mass is 10.1. The van der Waals surface area contributed by atoms with Crippen molar-refractivity contribution in [1.29, 1.82) is 0 Å². The summed E-state index contributed by atoms with van der Waals surface area (Å²) in [4.78, 5) is 17.5. The Labute approximate surface area is 188 Å². The molecule has 0 fully saturated rings. The van der Waals surface area contributed by atoms with Crippen molar-refractivity contribution in [2.24, 2.45) is 12.0 Å². The van der Waals surface area contributed by atoms with E-state index in [1.54, 1.807) is 0 Å². The van der Waals surface area contributed by atoms with Crippen molar-refractivity contribution < 1.29 is 17.6 Å². The quantitative estimate of drug-likeness (QED) is 0.477. The van der Waals surface area contributed by atoms with Gasteiger partial charge >= 0.3 is 0 Å². The zero-order valence-corrected chi connectivity index (χ0v) is 19.2. The lowest BCUT2D eigenvalue weighted by Gasteiger charge is -2.08. The summed E-state index contributed by atoms with van der Waals surface area (Å²) in [5.74, 6) is -0.942. The number of anilines is 1. The molecule has 1 N–H and O–H groups in total. The molecule has 0 atom stereocenters. The lowest BCUT2D eigenvalue weighted by Crippen LogP contribution is -2.14. The molecule has 1 amide bonds. The van der Waals surface area contributed by atoms with E-state index in [4.69, 9.17) is 0 Å². The van der Waals surface area contributed by atoms with Crippen molar-refractivity contribution >= 4 is 43.2 Å². The van der Waals surface area contributed by atoms with Gasteiger partial charge in [0.25, 0.3) is 15.9 Å². The van der Waals surface area contributed by atoms with E-state index >= 15 is 0 Å². The van der Waals surface area contributed by atoms with E-state index in [2.05, 4.69) is 21.8 Å². The van der Waals surface area contributed by atoms with E-state index in [9.17, 15) is 17.6 Å². The Morgan fingerprint density at radius 2 is 1.69 bits per heavy atom. The minimum Gasteiger partial charge on any atom is -0.319 e. The maximum Gasteiger partial charge on any atom is 0.279 e. The van der Waals surface area contributed by atoms with Crippen LogP contribution in [-0.2, 0) is 17.1 Å². The number of aryl methyl sites for hydroxylation is 3. The van der Waals surface area contributed by atoms with Crippen LogP contribution in [0.4, 0.5) is 10.1 Å². The SMILES string of the molecule is Cc1cc(C)c2sc(=NC(=O)c3ccc(NS(=O)(=O)c4ccc(F)cc4)cc3)n(C)c2c1. The number of halogens is 1. The molecule has 3 aromatic carbocycles. The second-order valence-corrected chi connectivity index (χ2v) is 10.1. The van der Waals surface area contributed by atoms with Crippen LogP contribution < -0.4 is 9.52 Å². The van der Waals surface area contributed by atoms with Crippen molar-refractivity contribution in [1.82, 2.24) is 4.57 Å². The summed E-state index contributed by atoms with van der Waals surface area (Å²) < 4.78 is 43.3. The fourth-order valence-corrected chi connectivity index (χ4v) is 5.46. The van der Waals surface area contributed by atoms with Crippen LogP contribution in [0.5, 0.6) is 0 Å². The third-order valence-electron chi connectivity index (χ3n) is 4.95. The maximum atomic E-state index is 13.0. The normalized spacial score (nSPS) is 12.3. The number of benzene rings is 3. The maximum absolute atomic E-state index is 13.0. The monoisotopic (exact) mass is 469 g/mol. The third kappa shape index (κ3) is 4.35. The predicted octanol–water partition coefficient (Wildman–Crippen LogP) is 4.54. The highest BCUT2D eigenvalue weighted by Crippen LogP contribution is 2.23. The van der Waals surface area contributed by atoms with Gasteiger partial charge in [0.05, 0.1) is 15.1 Å². The largest absolute Gasteiger partial charge is 0.319 e. The lowest BCUT2D eigenvalue weighted by molar-refractivity contribution is 0.0998. The minimum atomic E-state index is -3.87. The van der Waals surface area contributed by atoms with Crippen LogP contribution in [-0.4, -0.2) is 18.9 Å². The Morgan fingerprint density at radius 1 is 1.03 bits per heavy atom. The molecule has 0 aliphatic rings. The molecule has 0 saturated heterocycles. The molecule has 6 nitrogen and oxygen atoms in total. The van der Waals surface area contributed by atoms with Gasteiger partial charge in [-0.2, -0.15) is 4.99 Å². The van der Waals surface area contributed by atoms with Crippen LogP contribution in [0.3, 0.4) is 0 Å². The van der Waals surface area contributed by atoms with Crippen molar-refractivity contribution in [3.8, 4) is 0 Å². The molecule has 4 rings (SSSR count). The smallest absolute Gasteiger partial charge is 0.279 e. The molecule has 0 saturated carbocycles. The molecule has 0 radical (unpaired) electrons. The molecule has 4 aromatic rings. The van der Waals surface area contributed by atoms with Crippen molar-refractivity contribution in [2.75, 3.05) is 4.72 Å². The average molecular weight is 470 g/mol. The first-order valence-corrected chi connectivity index (χ1v) is 12.0. The molecular weight excluding hydrogens is 449 g/mol. The standard InChI is InChI=1S/C23H20FN3O3S2/c1-14-12-15(2)21-20(13-14)27(3)23(31-21)25-22(28)16-4-8-18(9-5-16)26-32(29,30)19-10-6-17(24)7-11-19/h4-13,26H,1-3H3. The number of carbonyl (C=O) groups is 1. The van der Waals surface area contributed by atoms with Gasteiger partial charge in [0.15, 0.2) is 4.80 Å². The van der Waals surface area contributed by atoms with E-state index in [-0.39, 0.29) is 10.6 Å². The first-order valence-electron chi connectivity index (χ1n) is 9.68. The molecule has 164 valence electrons. The van der Waals surface area contributed by atoms with E-state index in [0.717, 1.165) is 33.5 Å². The number of hydrogen-bond acceptors (Lipinski definition) is 4. The summed E-state index contributed by atoms with van der Waals surface area (Å²) in [6.07, 6.45) is 0. The van der Waals surface area contributed by atoms with Crippen LogP contribution in [0.2, 0.25) is 0 Å². The summed E-state index contributed by atoms with van der Waals surface area (Å²) in [6, 6.07) is 14.7. The Bertz CT molecular complexity index is 1500. The zero-order chi connectivity index (χ0) is 23.0. The van der Waals surface area contributed by atoms with Gasteiger partial charge in [0.2, 0.25) is 0 Å². The van der Waals surface area contributed by atoms with Crippen LogP contribution in [0, 0.1) is 19.7 Å².